The van der Waals surface area contributed by atoms with Gasteiger partial charge in [-0.2, -0.15) is 0 Å². The van der Waals surface area contributed by atoms with Crippen LogP contribution in [0.3, 0.4) is 0 Å². The van der Waals surface area contributed by atoms with E-state index in [9.17, 15) is 8.78 Å². The molecule has 1 aromatic rings. The molecule has 0 saturated carbocycles. The molecule has 1 N–H and O–H groups in total. The first-order chi connectivity index (χ1) is 7.87. The third-order valence-electron chi connectivity index (χ3n) is 2.39. The zero-order chi connectivity index (χ0) is 13.1. The molecule has 2 nitrogen and oxygen atoms in total. The van der Waals surface area contributed by atoms with Crippen molar-refractivity contribution in [2.45, 2.75) is 25.9 Å². The maximum absolute atomic E-state index is 13.7. The van der Waals surface area contributed by atoms with Crippen LogP contribution in [0.25, 0.3) is 0 Å². The molecule has 0 radical (unpaired) electrons. The SMILES string of the molecule is COCC(C)(C)NCc1c(F)ccc(Br)c1F. The van der Waals surface area contributed by atoms with Gasteiger partial charge in [-0.25, -0.2) is 8.78 Å². The van der Waals surface area contributed by atoms with E-state index < -0.39 is 11.6 Å². The molecule has 0 atom stereocenters. The molecule has 0 spiro atoms. The van der Waals surface area contributed by atoms with E-state index in [4.69, 9.17) is 4.74 Å². The minimum Gasteiger partial charge on any atom is -0.383 e. The van der Waals surface area contributed by atoms with Crippen LogP contribution < -0.4 is 5.32 Å². The van der Waals surface area contributed by atoms with Crippen LogP contribution in [0.5, 0.6) is 0 Å². The summed E-state index contributed by atoms with van der Waals surface area (Å²) >= 11 is 3.04. The van der Waals surface area contributed by atoms with Crippen LogP contribution in [-0.2, 0) is 11.3 Å². The highest BCUT2D eigenvalue weighted by atomic mass is 79.9. The molecule has 0 aliphatic carbocycles. The van der Waals surface area contributed by atoms with E-state index in [1.165, 1.54) is 12.1 Å². The third kappa shape index (κ3) is 4.01. The Morgan fingerprint density at radius 2 is 2.00 bits per heavy atom. The van der Waals surface area contributed by atoms with Gasteiger partial charge in [-0.1, -0.05) is 0 Å². The standard InChI is InChI=1S/C12H16BrF2NO/c1-12(2,7-17-3)16-6-8-10(14)5-4-9(13)11(8)15/h4-5,16H,6-7H2,1-3H3. The summed E-state index contributed by atoms with van der Waals surface area (Å²) in [6.45, 7) is 4.40. The fraction of sp³-hybridized carbons (Fsp3) is 0.500. The van der Waals surface area contributed by atoms with E-state index in [-0.39, 0.29) is 22.1 Å². The molecule has 1 rings (SSSR count). The van der Waals surface area contributed by atoms with Gasteiger partial charge < -0.3 is 10.1 Å². The fourth-order valence-corrected chi connectivity index (χ4v) is 1.84. The molecule has 5 heteroatoms. The first-order valence-corrected chi connectivity index (χ1v) is 6.03. The molecule has 0 heterocycles. The monoisotopic (exact) mass is 307 g/mol. The number of rotatable bonds is 5. The van der Waals surface area contributed by atoms with Crippen LogP contribution in [0.2, 0.25) is 0 Å². The van der Waals surface area contributed by atoms with Crippen molar-refractivity contribution in [3.63, 3.8) is 0 Å². The summed E-state index contributed by atoms with van der Waals surface area (Å²) in [5.74, 6) is -1.11. The molecular formula is C12H16BrF2NO. The van der Waals surface area contributed by atoms with Crippen molar-refractivity contribution in [3.8, 4) is 0 Å². The number of methoxy groups -OCH3 is 1. The molecule has 0 saturated heterocycles. The average molecular weight is 308 g/mol. The number of benzene rings is 1. The molecular weight excluding hydrogens is 292 g/mol. The van der Waals surface area contributed by atoms with Crippen LogP contribution in [-0.4, -0.2) is 19.3 Å². The van der Waals surface area contributed by atoms with Gasteiger partial charge in [0.25, 0.3) is 0 Å². The van der Waals surface area contributed by atoms with Gasteiger partial charge in [-0.3, -0.25) is 0 Å². The second-order valence-electron chi connectivity index (χ2n) is 4.49. The van der Waals surface area contributed by atoms with Crippen molar-refractivity contribution in [3.05, 3.63) is 33.8 Å². The minimum atomic E-state index is -0.564. The van der Waals surface area contributed by atoms with Crippen LogP contribution >= 0.6 is 15.9 Å². The molecule has 17 heavy (non-hydrogen) atoms. The summed E-state index contributed by atoms with van der Waals surface area (Å²) < 4.78 is 32.4. The molecule has 0 fully saturated rings. The Labute approximate surface area is 108 Å². The second kappa shape index (κ2) is 5.89. The van der Waals surface area contributed by atoms with E-state index in [0.29, 0.717) is 6.61 Å². The van der Waals surface area contributed by atoms with Crippen LogP contribution in [0.1, 0.15) is 19.4 Å². The average Bonchev–Trinajstić information content (AvgIpc) is 2.23. The van der Waals surface area contributed by atoms with Crippen molar-refractivity contribution in [2.75, 3.05) is 13.7 Å². The van der Waals surface area contributed by atoms with E-state index in [0.717, 1.165) is 0 Å². The Morgan fingerprint density at radius 3 is 2.59 bits per heavy atom. The van der Waals surface area contributed by atoms with Gasteiger partial charge in [0.2, 0.25) is 0 Å². The smallest absolute Gasteiger partial charge is 0.144 e. The molecule has 0 bridgehead atoms. The van der Waals surface area contributed by atoms with Gasteiger partial charge in [-0.15, -0.1) is 0 Å². The van der Waals surface area contributed by atoms with Crippen molar-refractivity contribution < 1.29 is 13.5 Å². The van der Waals surface area contributed by atoms with E-state index in [1.807, 2.05) is 13.8 Å². The highest BCUT2D eigenvalue weighted by molar-refractivity contribution is 9.10. The number of hydrogen-bond donors (Lipinski definition) is 1. The summed E-state index contributed by atoms with van der Waals surface area (Å²) in [5, 5.41) is 3.06. The van der Waals surface area contributed by atoms with Gasteiger partial charge in [0.1, 0.15) is 11.6 Å². The zero-order valence-corrected chi connectivity index (χ0v) is 11.7. The largest absolute Gasteiger partial charge is 0.383 e. The number of halogens is 3. The maximum atomic E-state index is 13.7. The maximum Gasteiger partial charge on any atom is 0.144 e. The molecule has 0 aromatic heterocycles. The number of nitrogens with one attached hydrogen (secondary N) is 1. The second-order valence-corrected chi connectivity index (χ2v) is 5.35. The van der Waals surface area contributed by atoms with Crippen molar-refractivity contribution >= 4 is 15.9 Å². The molecule has 0 aliphatic heterocycles. The first-order valence-electron chi connectivity index (χ1n) is 5.24. The fourth-order valence-electron chi connectivity index (χ4n) is 1.47. The summed E-state index contributed by atoms with van der Waals surface area (Å²) in [7, 11) is 1.59. The van der Waals surface area contributed by atoms with E-state index in [1.54, 1.807) is 7.11 Å². The Balaban J connectivity index is 2.79. The summed E-state index contributed by atoms with van der Waals surface area (Å²) in [5.41, 5.74) is -0.306. The Kier molecular flexibility index (Phi) is 5.04. The van der Waals surface area contributed by atoms with Crippen LogP contribution in [0.15, 0.2) is 16.6 Å². The number of ether oxygens (including phenoxy) is 1. The quantitative estimate of drug-likeness (QED) is 0.843. The minimum absolute atomic E-state index is 0.0311. The number of hydrogen-bond acceptors (Lipinski definition) is 2. The van der Waals surface area contributed by atoms with Crippen LogP contribution in [0.4, 0.5) is 8.78 Å². The normalized spacial score (nSPS) is 11.9. The van der Waals surface area contributed by atoms with Gasteiger partial charge in [0.05, 0.1) is 11.1 Å². The Morgan fingerprint density at radius 1 is 1.35 bits per heavy atom. The van der Waals surface area contributed by atoms with Gasteiger partial charge in [0, 0.05) is 24.8 Å². The van der Waals surface area contributed by atoms with Gasteiger partial charge in [-0.05, 0) is 41.9 Å². The summed E-state index contributed by atoms with van der Waals surface area (Å²) in [6, 6.07) is 2.60. The molecule has 0 unspecified atom stereocenters. The zero-order valence-electron chi connectivity index (χ0n) is 10.1. The Bertz CT molecular complexity index is 396. The molecule has 96 valence electrons. The van der Waals surface area contributed by atoms with Gasteiger partial charge in [0.15, 0.2) is 0 Å². The summed E-state index contributed by atoms with van der Waals surface area (Å²) in [4.78, 5) is 0. The van der Waals surface area contributed by atoms with Crippen molar-refractivity contribution in [2.24, 2.45) is 0 Å². The summed E-state index contributed by atoms with van der Waals surface area (Å²) in [6.07, 6.45) is 0. The Hall–Kier alpha value is -0.520. The predicted molar refractivity (Wildman–Crippen MR) is 66.9 cm³/mol. The lowest BCUT2D eigenvalue weighted by Gasteiger charge is -2.25. The first kappa shape index (κ1) is 14.5. The lowest BCUT2D eigenvalue weighted by molar-refractivity contribution is 0.127. The van der Waals surface area contributed by atoms with E-state index in [2.05, 4.69) is 21.2 Å². The van der Waals surface area contributed by atoms with Crippen molar-refractivity contribution in [1.29, 1.82) is 0 Å². The predicted octanol–water partition coefficient (Wildman–Crippen LogP) is 3.24. The van der Waals surface area contributed by atoms with E-state index >= 15 is 0 Å². The molecule has 0 aliphatic rings. The van der Waals surface area contributed by atoms with Crippen molar-refractivity contribution in [1.82, 2.24) is 5.32 Å². The highest BCUT2D eigenvalue weighted by Gasteiger charge is 2.19. The third-order valence-corrected chi connectivity index (χ3v) is 3.00. The topological polar surface area (TPSA) is 21.3 Å². The lowest BCUT2D eigenvalue weighted by Crippen LogP contribution is -2.43. The molecule has 1 aromatic carbocycles. The lowest BCUT2D eigenvalue weighted by atomic mass is 10.1. The highest BCUT2D eigenvalue weighted by Crippen LogP contribution is 2.22. The van der Waals surface area contributed by atoms with Gasteiger partial charge >= 0.3 is 0 Å². The molecule has 0 amide bonds. The van der Waals surface area contributed by atoms with Crippen LogP contribution in [0, 0.1) is 11.6 Å².